The summed E-state index contributed by atoms with van der Waals surface area (Å²) in [6.45, 7) is 8.82. The van der Waals surface area contributed by atoms with Crippen LogP contribution in [0.3, 0.4) is 0 Å². The first-order valence-electron chi connectivity index (χ1n) is 10.1. The van der Waals surface area contributed by atoms with E-state index in [0.717, 1.165) is 64.7 Å². The van der Waals surface area contributed by atoms with E-state index in [1.807, 2.05) is 0 Å². The molecule has 2 amide bonds. The van der Waals surface area contributed by atoms with Crippen molar-refractivity contribution in [3.63, 3.8) is 0 Å². The van der Waals surface area contributed by atoms with Crippen molar-refractivity contribution < 1.29 is 9.59 Å². The molecule has 0 radical (unpaired) electrons. The summed E-state index contributed by atoms with van der Waals surface area (Å²) in [5, 5.41) is 6.45. The summed E-state index contributed by atoms with van der Waals surface area (Å²) in [6.07, 6.45) is 5.92. The van der Waals surface area contributed by atoms with Crippen LogP contribution in [0.5, 0.6) is 0 Å². The van der Waals surface area contributed by atoms with E-state index in [9.17, 15) is 9.59 Å². The number of hydrogen-bond donors (Lipinski definition) is 2. The summed E-state index contributed by atoms with van der Waals surface area (Å²) >= 11 is 0. The highest BCUT2D eigenvalue weighted by atomic mass is 16.2. The molecule has 25 heavy (non-hydrogen) atoms. The Morgan fingerprint density at radius 3 is 2.12 bits per heavy atom. The maximum Gasteiger partial charge on any atom is 0.237 e. The molecule has 0 unspecified atom stereocenters. The number of nitrogens with zero attached hydrogens (tertiary/aromatic N) is 2. The van der Waals surface area contributed by atoms with Crippen molar-refractivity contribution in [3.05, 3.63) is 0 Å². The fourth-order valence-corrected chi connectivity index (χ4v) is 4.55. The second-order valence-corrected chi connectivity index (χ2v) is 8.18. The summed E-state index contributed by atoms with van der Waals surface area (Å²) in [6, 6.07) is 0.215. The molecule has 0 saturated carbocycles. The fraction of sp³-hybridized carbons (Fsp3) is 0.895. The van der Waals surface area contributed by atoms with Gasteiger partial charge in [0, 0.05) is 25.7 Å². The number of nitrogens with one attached hydrogen (secondary N) is 2. The highest BCUT2D eigenvalue weighted by Gasteiger charge is 2.34. The van der Waals surface area contributed by atoms with E-state index in [-0.39, 0.29) is 29.9 Å². The number of hydrogen-bond acceptors (Lipinski definition) is 4. The van der Waals surface area contributed by atoms with E-state index < -0.39 is 0 Å². The molecule has 0 bridgehead atoms. The minimum atomic E-state index is 0.0134. The van der Waals surface area contributed by atoms with Crippen molar-refractivity contribution in [2.45, 2.75) is 70.5 Å². The van der Waals surface area contributed by atoms with Gasteiger partial charge in [0.2, 0.25) is 11.8 Å². The Labute approximate surface area is 151 Å². The number of fused-ring (bicyclic) bond motifs is 2. The Morgan fingerprint density at radius 2 is 1.44 bits per heavy atom. The van der Waals surface area contributed by atoms with E-state index in [2.05, 4.69) is 34.3 Å². The van der Waals surface area contributed by atoms with Crippen molar-refractivity contribution in [2.75, 3.05) is 32.7 Å². The summed E-state index contributed by atoms with van der Waals surface area (Å²) in [4.78, 5) is 30.0. The Hall–Kier alpha value is -1.14. The molecular weight excluding hydrogens is 316 g/mol. The molecule has 0 aliphatic carbocycles. The second kappa shape index (κ2) is 8.49. The van der Waals surface area contributed by atoms with Crippen molar-refractivity contribution in [3.8, 4) is 0 Å². The topological polar surface area (TPSA) is 64.7 Å². The molecule has 6 nitrogen and oxygen atoms in total. The van der Waals surface area contributed by atoms with Crippen LogP contribution in [-0.2, 0) is 9.59 Å². The molecule has 3 rings (SSSR count). The third-order valence-corrected chi connectivity index (χ3v) is 6.11. The maximum atomic E-state index is 12.8. The largest absolute Gasteiger partial charge is 0.355 e. The van der Waals surface area contributed by atoms with Crippen LogP contribution in [0.1, 0.15) is 52.4 Å². The van der Waals surface area contributed by atoms with Crippen LogP contribution in [0, 0.1) is 5.92 Å². The number of amides is 2. The minimum absolute atomic E-state index is 0.0134. The SMILES string of the molecule is CC(C)[C@@H]1CCN2CCC[C@H]2C(=O)NCCCN2CCC[C@H]2C(=O)N1. The molecule has 0 spiro atoms. The van der Waals surface area contributed by atoms with Gasteiger partial charge in [0.15, 0.2) is 0 Å². The van der Waals surface area contributed by atoms with Crippen molar-refractivity contribution in [1.29, 1.82) is 0 Å². The Bertz CT molecular complexity index is 482. The van der Waals surface area contributed by atoms with Gasteiger partial charge in [-0.2, -0.15) is 0 Å². The van der Waals surface area contributed by atoms with Gasteiger partial charge in [0.1, 0.15) is 0 Å². The average molecular weight is 351 g/mol. The molecule has 3 aliphatic heterocycles. The standard InChI is InChI=1S/C19H34N4O2/c1-14(2)15-8-13-23-11-3-6-16(23)18(24)20-9-5-12-22-10-4-7-17(22)19(25)21-15/h14-17H,3-13H2,1-2H3,(H,20,24)(H,21,25)/t15-,16-,17-/m0/s1. The minimum Gasteiger partial charge on any atom is -0.355 e. The van der Waals surface area contributed by atoms with Crippen LogP contribution >= 0.6 is 0 Å². The number of carbonyl (C=O) groups excluding carboxylic acids is 2. The van der Waals surface area contributed by atoms with Gasteiger partial charge in [0.05, 0.1) is 12.1 Å². The Balaban J connectivity index is 1.71. The summed E-state index contributed by atoms with van der Waals surface area (Å²) in [5.41, 5.74) is 0. The zero-order chi connectivity index (χ0) is 17.8. The summed E-state index contributed by atoms with van der Waals surface area (Å²) < 4.78 is 0. The van der Waals surface area contributed by atoms with Crippen LogP contribution in [0.4, 0.5) is 0 Å². The van der Waals surface area contributed by atoms with E-state index in [4.69, 9.17) is 0 Å². The molecular formula is C19H34N4O2. The van der Waals surface area contributed by atoms with Crippen LogP contribution < -0.4 is 10.6 Å². The predicted octanol–water partition coefficient (Wildman–Crippen LogP) is 0.966. The first kappa shape index (κ1) is 18.6. The zero-order valence-corrected chi connectivity index (χ0v) is 15.8. The van der Waals surface area contributed by atoms with Crippen LogP contribution in [0.15, 0.2) is 0 Å². The fourth-order valence-electron chi connectivity index (χ4n) is 4.55. The van der Waals surface area contributed by atoms with Crippen molar-refractivity contribution >= 4 is 11.8 Å². The maximum absolute atomic E-state index is 12.8. The lowest BCUT2D eigenvalue weighted by atomic mass is 9.99. The first-order chi connectivity index (χ1) is 12.1. The predicted molar refractivity (Wildman–Crippen MR) is 98.2 cm³/mol. The molecule has 0 aromatic rings. The van der Waals surface area contributed by atoms with Gasteiger partial charge in [-0.15, -0.1) is 0 Å². The van der Waals surface area contributed by atoms with Crippen molar-refractivity contribution in [1.82, 2.24) is 20.4 Å². The van der Waals surface area contributed by atoms with Gasteiger partial charge in [-0.05, 0) is 57.5 Å². The Morgan fingerprint density at radius 1 is 0.840 bits per heavy atom. The van der Waals surface area contributed by atoms with E-state index in [0.29, 0.717) is 12.5 Å². The van der Waals surface area contributed by atoms with Gasteiger partial charge in [-0.1, -0.05) is 13.8 Å². The molecule has 142 valence electrons. The highest BCUT2D eigenvalue weighted by molar-refractivity contribution is 5.82. The first-order valence-corrected chi connectivity index (χ1v) is 10.1. The lowest BCUT2D eigenvalue weighted by Gasteiger charge is -2.31. The smallest absolute Gasteiger partial charge is 0.237 e. The van der Waals surface area contributed by atoms with Gasteiger partial charge in [-0.3, -0.25) is 19.4 Å². The van der Waals surface area contributed by atoms with E-state index in [1.165, 1.54) is 0 Å². The van der Waals surface area contributed by atoms with Crippen LogP contribution in [-0.4, -0.2) is 72.5 Å². The third-order valence-electron chi connectivity index (χ3n) is 6.11. The van der Waals surface area contributed by atoms with Gasteiger partial charge in [-0.25, -0.2) is 0 Å². The lowest BCUT2D eigenvalue weighted by molar-refractivity contribution is -0.128. The Kier molecular flexibility index (Phi) is 6.34. The molecule has 3 fully saturated rings. The van der Waals surface area contributed by atoms with Crippen molar-refractivity contribution in [2.24, 2.45) is 5.92 Å². The summed E-state index contributed by atoms with van der Waals surface area (Å²) in [5.74, 6) is 0.800. The van der Waals surface area contributed by atoms with Crippen LogP contribution in [0.25, 0.3) is 0 Å². The highest BCUT2D eigenvalue weighted by Crippen LogP contribution is 2.21. The molecule has 3 heterocycles. The van der Waals surface area contributed by atoms with Gasteiger partial charge in [0.25, 0.3) is 0 Å². The normalized spacial score (nSPS) is 33.5. The molecule has 0 aromatic heterocycles. The second-order valence-electron chi connectivity index (χ2n) is 8.18. The van der Waals surface area contributed by atoms with Crippen LogP contribution in [0.2, 0.25) is 0 Å². The third kappa shape index (κ3) is 4.53. The molecule has 2 N–H and O–H groups in total. The van der Waals surface area contributed by atoms with E-state index >= 15 is 0 Å². The molecule has 6 heteroatoms. The number of rotatable bonds is 1. The molecule has 3 aliphatic rings. The van der Waals surface area contributed by atoms with Gasteiger partial charge >= 0.3 is 0 Å². The summed E-state index contributed by atoms with van der Waals surface area (Å²) in [7, 11) is 0. The molecule has 3 saturated heterocycles. The monoisotopic (exact) mass is 350 g/mol. The number of carbonyl (C=O) groups is 2. The molecule has 3 atom stereocenters. The average Bonchev–Trinajstić information content (AvgIpc) is 3.23. The quantitative estimate of drug-likeness (QED) is 0.740. The lowest BCUT2D eigenvalue weighted by Crippen LogP contribution is -2.51. The van der Waals surface area contributed by atoms with E-state index in [1.54, 1.807) is 0 Å². The zero-order valence-electron chi connectivity index (χ0n) is 15.8. The molecule has 0 aromatic carbocycles. The van der Waals surface area contributed by atoms with Gasteiger partial charge < -0.3 is 10.6 Å².